The van der Waals surface area contributed by atoms with Gasteiger partial charge >= 0.3 is 0 Å². The summed E-state index contributed by atoms with van der Waals surface area (Å²) in [6.45, 7) is 1.38. The molecule has 0 heterocycles. The van der Waals surface area contributed by atoms with Gasteiger partial charge in [0, 0.05) is 20.1 Å². The third-order valence-electron chi connectivity index (χ3n) is 3.92. The normalized spacial score (nSPS) is 10.4. The van der Waals surface area contributed by atoms with Gasteiger partial charge in [0.15, 0.2) is 17.5 Å². The second-order valence-electron chi connectivity index (χ2n) is 5.60. The second kappa shape index (κ2) is 12.0. The van der Waals surface area contributed by atoms with E-state index in [1.807, 2.05) is 42.5 Å². The summed E-state index contributed by atoms with van der Waals surface area (Å²) in [4.78, 5) is 4.23. The molecule has 2 aromatic rings. The Balaban J connectivity index is 0.00000364. The van der Waals surface area contributed by atoms with Gasteiger partial charge in [0.05, 0.1) is 25.9 Å². The summed E-state index contributed by atoms with van der Waals surface area (Å²) in [5, 5.41) is 15.4. The minimum absolute atomic E-state index is 0. The number of nitrogens with one attached hydrogen (secondary N) is 2. The maximum Gasteiger partial charge on any atom is 0.191 e. The van der Waals surface area contributed by atoms with E-state index in [2.05, 4.69) is 21.7 Å². The summed E-state index contributed by atoms with van der Waals surface area (Å²) < 4.78 is 10.6. The van der Waals surface area contributed by atoms with Crippen LogP contribution in [-0.4, -0.2) is 33.8 Å². The van der Waals surface area contributed by atoms with Gasteiger partial charge in [0.25, 0.3) is 0 Å². The largest absolute Gasteiger partial charge is 0.493 e. The van der Waals surface area contributed by atoms with Gasteiger partial charge in [-0.3, -0.25) is 4.99 Å². The number of aliphatic imine (C=N–C) groups is 1. The minimum atomic E-state index is 0. The summed E-state index contributed by atoms with van der Waals surface area (Å²) >= 11 is 0. The zero-order chi connectivity index (χ0) is 18.8. The Morgan fingerprint density at radius 1 is 1.00 bits per heavy atom. The van der Waals surface area contributed by atoms with Gasteiger partial charge < -0.3 is 20.1 Å². The molecule has 0 spiro atoms. The molecule has 0 atom stereocenters. The highest BCUT2D eigenvalue weighted by molar-refractivity contribution is 14.0. The Morgan fingerprint density at radius 2 is 1.67 bits per heavy atom. The molecule has 2 N–H and O–H groups in total. The molecule has 2 aromatic carbocycles. The first-order valence-corrected chi connectivity index (χ1v) is 8.34. The molecular formula is C20H25IN4O2. The smallest absolute Gasteiger partial charge is 0.191 e. The lowest BCUT2D eigenvalue weighted by Crippen LogP contribution is -2.37. The minimum Gasteiger partial charge on any atom is -0.493 e. The van der Waals surface area contributed by atoms with Crippen LogP contribution in [0.4, 0.5) is 0 Å². The van der Waals surface area contributed by atoms with Crippen LogP contribution in [0.1, 0.15) is 16.7 Å². The highest BCUT2D eigenvalue weighted by Crippen LogP contribution is 2.27. The van der Waals surface area contributed by atoms with Gasteiger partial charge in [-0.1, -0.05) is 18.2 Å². The van der Waals surface area contributed by atoms with Crippen LogP contribution in [0.5, 0.6) is 11.5 Å². The fourth-order valence-corrected chi connectivity index (χ4v) is 2.46. The summed E-state index contributed by atoms with van der Waals surface area (Å²) in [6.07, 6.45) is 0.831. The van der Waals surface area contributed by atoms with E-state index < -0.39 is 0 Å². The molecule has 0 aliphatic heterocycles. The van der Waals surface area contributed by atoms with E-state index in [-0.39, 0.29) is 24.0 Å². The summed E-state index contributed by atoms with van der Waals surface area (Å²) in [7, 11) is 5.00. The number of guanidine groups is 1. The standard InChI is InChI=1S/C20H24N4O2.HI/c1-22-20(24-14-17-6-4-16(13-21)5-7-17)23-11-10-15-8-9-18(25-2)19(12-15)26-3;/h4-9,12H,10-11,14H2,1-3H3,(H2,22,23,24);1H. The molecule has 0 unspecified atom stereocenters. The highest BCUT2D eigenvalue weighted by atomic mass is 127. The predicted octanol–water partition coefficient (Wildman–Crippen LogP) is 3.10. The quantitative estimate of drug-likeness (QED) is 0.362. The number of hydrogen-bond donors (Lipinski definition) is 2. The lowest BCUT2D eigenvalue weighted by atomic mass is 10.1. The van der Waals surface area contributed by atoms with Crippen molar-refractivity contribution in [3.63, 3.8) is 0 Å². The van der Waals surface area contributed by atoms with Crippen molar-refractivity contribution in [1.29, 1.82) is 5.26 Å². The third-order valence-corrected chi connectivity index (χ3v) is 3.92. The van der Waals surface area contributed by atoms with Crippen molar-refractivity contribution in [1.82, 2.24) is 10.6 Å². The van der Waals surface area contributed by atoms with Gasteiger partial charge in [0.2, 0.25) is 0 Å². The Kier molecular flexibility index (Phi) is 10.0. The molecule has 2 rings (SSSR count). The number of hydrogen-bond acceptors (Lipinski definition) is 4. The van der Waals surface area contributed by atoms with Crippen molar-refractivity contribution in [3.8, 4) is 17.6 Å². The monoisotopic (exact) mass is 480 g/mol. The first-order valence-electron chi connectivity index (χ1n) is 8.34. The molecule has 0 bridgehead atoms. The number of halogens is 1. The van der Waals surface area contributed by atoms with Crippen LogP contribution in [-0.2, 0) is 13.0 Å². The van der Waals surface area contributed by atoms with Gasteiger partial charge in [-0.25, -0.2) is 0 Å². The molecule has 0 saturated heterocycles. The first-order chi connectivity index (χ1) is 12.7. The topological polar surface area (TPSA) is 78.7 Å². The zero-order valence-electron chi connectivity index (χ0n) is 15.8. The van der Waals surface area contributed by atoms with Gasteiger partial charge in [-0.05, 0) is 41.8 Å². The SMILES string of the molecule is CN=C(NCCc1ccc(OC)c(OC)c1)NCc1ccc(C#N)cc1.I. The van der Waals surface area contributed by atoms with E-state index in [9.17, 15) is 0 Å². The Hall–Kier alpha value is -2.47. The van der Waals surface area contributed by atoms with Crippen molar-refractivity contribution in [3.05, 3.63) is 59.2 Å². The third kappa shape index (κ3) is 6.98. The Bertz CT molecular complexity index is 786. The van der Waals surface area contributed by atoms with Crippen molar-refractivity contribution >= 4 is 29.9 Å². The fourth-order valence-electron chi connectivity index (χ4n) is 2.46. The zero-order valence-corrected chi connectivity index (χ0v) is 18.1. The van der Waals surface area contributed by atoms with Crippen LogP contribution in [0.15, 0.2) is 47.5 Å². The van der Waals surface area contributed by atoms with Crippen molar-refractivity contribution in [2.45, 2.75) is 13.0 Å². The first kappa shape index (κ1) is 22.6. The van der Waals surface area contributed by atoms with Crippen LogP contribution in [0, 0.1) is 11.3 Å². The maximum absolute atomic E-state index is 8.83. The summed E-state index contributed by atoms with van der Waals surface area (Å²) in [5.41, 5.74) is 2.90. The molecule has 0 saturated carbocycles. The van der Waals surface area contributed by atoms with Crippen LogP contribution >= 0.6 is 24.0 Å². The molecule has 0 fully saturated rings. The van der Waals surface area contributed by atoms with E-state index in [0.717, 1.165) is 41.6 Å². The molecule has 0 aliphatic rings. The number of nitrogens with zero attached hydrogens (tertiary/aromatic N) is 2. The number of nitriles is 1. The maximum atomic E-state index is 8.83. The van der Waals surface area contributed by atoms with Crippen molar-refractivity contribution in [2.75, 3.05) is 27.8 Å². The van der Waals surface area contributed by atoms with E-state index in [4.69, 9.17) is 14.7 Å². The average Bonchev–Trinajstić information content (AvgIpc) is 2.70. The molecule has 0 aliphatic carbocycles. The van der Waals surface area contributed by atoms with Gasteiger partial charge in [-0.2, -0.15) is 5.26 Å². The molecule has 0 aromatic heterocycles. The molecule has 6 nitrogen and oxygen atoms in total. The van der Waals surface area contributed by atoms with Crippen molar-refractivity contribution < 1.29 is 9.47 Å². The molecule has 7 heteroatoms. The average molecular weight is 480 g/mol. The van der Waals surface area contributed by atoms with E-state index in [0.29, 0.717) is 12.1 Å². The Morgan fingerprint density at radius 3 is 2.26 bits per heavy atom. The lowest BCUT2D eigenvalue weighted by molar-refractivity contribution is 0.354. The number of ether oxygens (including phenoxy) is 2. The summed E-state index contributed by atoms with van der Waals surface area (Å²) in [6, 6.07) is 15.5. The molecule has 0 amide bonds. The number of rotatable bonds is 7. The molecule has 0 radical (unpaired) electrons. The highest BCUT2D eigenvalue weighted by Gasteiger charge is 2.05. The van der Waals surface area contributed by atoms with Crippen molar-refractivity contribution in [2.24, 2.45) is 4.99 Å². The van der Waals surface area contributed by atoms with E-state index >= 15 is 0 Å². The van der Waals surface area contributed by atoms with E-state index in [1.165, 1.54) is 0 Å². The Labute approximate surface area is 177 Å². The number of methoxy groups -OCH3 is 2. The second-order valence-corrected chi connectivity index (χ2v) is 5.60. The number of benzene rings is 2. The lowest BCUT2D eigenvalue weighted by Gasteiger charge is -2.13. The fraction of sp³-hybridized carbons (Fsp3) is 0.300. The van der Waals surface area contributed by atoms with Crippen LogP contribution < -0.4 is 20.1 Å². The molecule has 144 valence electrons. The predicted molar refractivity (Wildman–Crippen MR) is 118 cm³/mol. The van der Waals surface area contributed by atoms with Crippen LogP contribution in [0.2, 0.25) is 0 Å². The molecular weight excluding hydrogens is 455 g/mol. The van der Waals surface area contributed by atoms with E-state index in [1.54, 1.807) is 21.3 Å². The van der Waals surface area contributed by atoms with Crippen LogP contribution in [0.3, 0.4) is 0 Å². The molecule has 27 heavy (non-hydrogen) atoms. The van der Waals surface area contributed by atoms with Gasteiger partial charge in [0.1, 0.15) is 0 Å². The summed E-state index contributed by atoms with van der Waals surface area (Å²) in [5.74, 6) is 2.19. The van der Waals surface area contributed by atoms with Crippen LogP contribution in [0.25, 0.3) is 0 Å². The van der Waals surface area contributed by atoms with Gasteiger partial charge in [-0.15, -0.1) is 24.0 Å².